The molecule has 0 radical (unpaired) electrons. The van der Waals surface area contributed by atoms with Gasteiger partial charge in [0.15, 0.2) is 0 Å². The maximum absolute atomic E-state index is 13.0. The summed E-state index contributed by atoms with van der Waals surface area (Å²) >= 11 is 0. The van der Waals surface area contributed by atoms with E-state index in [0.717, 1.165) is 38.3 Å². The zero-order valence-electron chi connectivity index (χ0n) is 19.3. The van der Waals surface area contributed by atoms with Gasteiger partial charge in [-0.05, 0) is 65.8 Å². The van der Waals surface area contributed by atoms with Crippen molar-refractivity contribution in [3.8, 4) is 5.75 Å². The predicted octanol–water partition coefficient (Wildman–Crippen LogP) is 4.25. The van der Waals surface area contributed by atoms with Crippen molar-refractivity contribution in [2.75, 3.05) is 20.2 Å². The average molecular weight is 422 g/mol. The lowest BCUT2D eigenvalue weighted by Gasteiger charge is -2.24. The molecule has 5 heteroatoms. The maximum atomic E-state index is 13.0. The third-order valence-electron chi connectivity index (χ3n) is 6.17. The van der Waals surface area contributed by atoms with E-state index in [1.54, 1.807) is 12.3 Å². The smallest absolute Gasteiger partial charge is 0.272 e. The number of hydrogen-bond acceptors (Lipinski definition) is 4. The van der Waals surface area contributed by atoms with Crippen LogP contribution >= 0.6 is 0 Å². The average Bonchev–Trinajstić information content (AvgIpc) is 3.47. The molecular weight excluding hydrogens is 386 g/mol. The van der Waals surface area contributed by atoms with Crippen molar-refractivity contribution in [2.24, 2.45) is 11.3 Å². The summed E-state index contributed by atoms with van der Waals surface area (Å²) in [7, 11) is 1.89. The van der Waals surface area contributed by atoms with Crippen molar-refractivity contribution in [1.29, 1.82) is 0 Å². The van der Waals surface area contributed by atoms with E-state index in [-0.39, 0.29) is 17.4 Å². The van der Waals surface area contributed by atoms with Crippen molar-refractivity contribution >= 4 is 5.91 Å². The molecule has 0 saturated heterocycles. The summed E-state index contributed by atoms with van der Waals surface area (Å²) < 4.78 is 5.73. The van der Waals surface area contributed by atoms with Crippen LogP contribution in [-0.2, 0) is 19.4 Å². The van der Waals surface area contributed by atoms with Gasteiger partial charge >= 0.3 is 0 Å². The highest BCUT2D eigenvalue weighted by atomic mass is 16.5. The number of nitrogens with one attached hydrogen (secondary N) is 1. The molecule has 0 aliphatic heterocycles. The van der Waals surface area contributed by atoms with Crippen LogP contribution in [0.5, 0.6) is 5.75 Å². The Labute approximate surface area is 186 Å². The summed E-state index contributed by atoms with van der Waals surface area (Å²) in [6, 6.07) is 10.5. The van der Waals surface area contributed by atoms with E-state index in [1.165, 1.54) is 29.5 Å². The minimum absolute atomic E-state index is 0.0291. The number of fused-ring (bicyclic) bond motifs is 1. The molecule has 1 amide bonds. The van der Waals surface area contributed by atoms with Gasteiger partial charge in [-0.15, -0.1) is 0 Å². The molecule has 31 heavy (non-hydrogen) atoms. The highest BCUT2D eigenvalue weighted by molar-refractivity contribution is 5.92. The summed E-state index contributed by atoms with van der Waals surface area (Å²) in [4.78, 5) is 19.2. The molecule has 1 aromatic carbocycles. The van der Waals surface area contributed by atoms with Crippen LogP contribution in [0.15, 0.2) is 36.5 Å². The number of nitrogens with zero attached hydrogens (tertiary/aromatic N) is 2. The van der Waals surface area contributed by atoms with E-state index in [9.17, 15) is 4.79 Å². The predicted molar refractivity (Wildman–Crippen MR) is 123 cm³/mol. The maximum Gasteiger partial charge on any atom is 0.272 e. The Hall–Kier alpha value is -2.40. The Morgan fingerprint density at radius 2 is 1.94 bits per heavy atom. The number of hydrogen-bond donors (Lipinski definition) is 1. The highest BCUT2D eigenvalue weighted by Crippen LogP contribution is 2.30. The highest BCUT2D eigenvalue weighted by Gasteiger charge is 2.29. The van der Waals surface area contributed by atoms with E-state index in [4.69, 9.17) is 4.74 Å². The zero-order valence-corrected chi connectivity index (χ0v) is 19.3. The number of amides is 1. The first-order valence-electron chi connectivity index (χ1n) is 11.5. The largest absolute Gasteiger partial charge is 0.492 e. The Morgan fingerprint density at radius 3 is 2.61 bits per heavy atom. The van der Waals surface area contributed by atoms with Crippen LogP contribution in [0, 0.1) is 11.3 Å². The fourth-order valence-corrected chi connectivity index (χ4v) is 4.05. The van der Waals surface area contributed by atoms with E-state index >= 15 is 0 Å². The standard InChI is InChI=1S/C26H35N3O2/c1-26(2,3)17-27-14-19-7-8-20-12-22(13-21(20)11-19)29(4)25(30)24-10-9-23(15-28-24)31-16-18-5-6-18/h7-11,15,18,22,27H,5-6,12-14,16-17H2,1-4H3. The van der Waals surface area contributed by atoms with Gasteiger partial charge in [0.25, 0.3) is 5.91 Å². The first kappa shape index (κ1) is 21.8. The zero-order chi connectivity index (χ0) is 22.0. The topological polar surface area (TPSA) is 54.5 Å². The van der Waals surface area contributed by atoms with E-state index in [2.05, 4.69) is 49.3 Å². The third-order valence-corrected chi connectivity index (χ3v) is 6.17. The van der Waals surface area contributed by atoms with Crippen molar-refractivity contribution in [2.45, 2.75) is 59.0 Å². The van der Waals surface area contributed by atoms with Gasteiger partial charge < -0.3 is 15.0 Å². The van der Waals surface area contributed by atoms with Crippen LogP contribution in [0.2, 0.25) is 0 Å². The second-order valence-electron chi connectivity index (χ2n) is 10.4. The lowest BCUT2D eigenvalue weighted by molar-refractivity contribution is 0.0731. The first-order valence-corrected chi connectivity index (χ1v) is 11.5. The fraction of sp³-hybridized carbons (Fsp3) is 0.538. The number of carbonyl (C=O) groups excluding carboxylic acids is 1. The van der Waals surface area contributed by atoms with Gasteiger partial charge in [0, 0.05) is 26.2 Å². The molecule has 1 saturated carbocycles. The van der Waals surface area contributed by atoms with E-state index in [0.29, 0.717) is 11.6 Å². The summed E-state index contributed by atoms with van der Waals surface area (Å²) in [6.45, 7) is 9.34. The summed E-state index contributed by atoms with van der Waals surface area (Å²) in [5.74, 6) is 1.41. The molecule has 2 aromatic rings. The second kappa shape index (κ2) is 8.99. The van der Waals surface area contributed by atoms with Crippen molar-refractivity contribution in [3.05, 3.63) is 58.9 Å². The summed E-state index contributed by atoms with van der Waals surface area (Å²) in [5.41, 5.74) is 4.77. The van der Waals surface area contributed by atoms with Crippen LogP contribution in [0.25, 0.3) is 0 Å². The van der Waals surface area contributed by atoms with Gasteiger partial charge in [-0.25, -0.2) is 4.98 Å². The molecule has 0 bridgehead atoms. The Bertz CT molecular complexity index is 913. The molecule has 1 unspecified atom stereocenters. The van der Waals surface area contributed by atoms with Crippen LogP contribution in [0.3, 0.4) is 0 Å². The molecule has 4 rings (SSSR count). The van der Waals surface area contributed by atoms with Crippen LogP contribution < -0.4 is 10.1 Å². The van der Waals surface area contributed by atoms with Crippen LogP contribution in [0.1, 0.15) is 60.8 Å². The monoisotopic (exact) mass is 421 g/mol. The Balaban J connectivity index is 1.32. The minimum Gasteiger partial charge on any atom is -0.492 e. The van der Waals surface area contributed by atoms with Crippen LogP contribution in [-0.4, -0.2) is 42.0 Å². The summed E-state index contributed by atoms with van der Waals surface area (Å²) in [5, 5.41) is 3.55. The number of likely N-dealkylation sites (N-methyl/N-ethyl adjacent to an activating group) is 1. The Kier molecular flexibility index (Phi) is 6.33. The molecule has 1 fully saturated rings. The molecule has 0 spiro atoms. The van der Waals surface area contributed by atoms with Gasteiger partial charge in [-0.3, -0.25) is 4.79 Å². The van der Waals surface area contributed by atoms with Crippen LogP contribution in [0.4, 0.5) is 0 Å². The van der Waals surface area contributed by atoms with Gasteiger partial charge in [-0.1, -0.05) is 39.0 Å². The minimum atomic E-state index is -0.0291. The molecule has 1 heterocycles. The number of rotatable bonds is 8. The molecule has 2 aliphatic carbocycles. The SMILES string of the molecule is CN(C(=O)c1ccc(OCC2CC2)cn1)C1Cc2ccc(CNCC(C)(C)C)cc2C1. The third kappa shape index (κ3) is 5.85. The Morgan fingerprint density at radius 1 is 1.16 bits per heavy atom. The van der Waals surface area contributed by atoms with Crippen molar-refractivity contribution in [1.82, 2.24) is 15.2 Å². The van der Waals surface area contributed by atoms with Gasteiger partial charge in [-0.2, -0.15) is 0 Å². The number of benzene rings is 1. The van der Waals surface area contributed by atoms with Gasteiger partial charge in [0.05, 0.1) is 12.8 Å². The van der Waals surface area contributed by atoms with Gasteiger partial charge in [0.1, 0.15) is 11.4 Å². The van der Waals surface area contributed by atoms with E-state index in [1.807, 2.05) is 18.0 Å². The second-order valence-corrected chi connectivity index (χ2v) is 10.4. The molecule has 166 valence electrons. The number of ether oxygens (including phenoxy) is 1. The fourth-order valence-electron chi connectivity index (χ4n) is 4.05. The quantitative estimate of drug-likeness (QED) is 0.692. The number of carbonyl (C=O) groups is 1. The molecule has 1 atom stereocenters. The normalized spacial score (nSPS) is 18.0. The van der Waals surface area contributed by atoms with Crippen molar-refractivity contribution in [3.63, 3.8) is 0 Å². The number of pyridine rings is 1. The lowest BCUT2D eigenvalue weighted by atomic mass is 9.97. The van der Waals surface area contributed by atoms with Gasteiger partial charge in [0.2, 0.25) is 0 Å². The molecule has 2 aliphatic rings. The van der Waals surface area contributed by atoms with Crippen molar-refractivity contribution < 1.29 is 9.53 Å². The van der Waals surface area contributed by atoms with E-state index < -0.39 is 0 Å². The first-order chi connectivity index (χ1) is 14.8. The lowest BCUT2D eigenvalue weighted by Crippen LogP contribution is -2.38. The molecular formula is C26H35N3O2. The summed E-state index contributed by atoms with van der Waals surface area (Å²) in [6.07, 6.45) is 5.98. The molecule has 1 N–H and O–H groups in total. The molecule has 5 nitrogen and oxygen atoms in total. The molecule has 1 aromatic heterocycles. The number of aromatic nitrogens is 1.